The largest absolute Gasteiger partial charge is 0.488 e. The Balaban J connectivity index is 1.53. The van der Waals surface area contributed by atoms with Crippen LogP contribution < -0.4 is 21.1 Å². The molecule has 6 heteroatoms. The van der Waals surface area contributed by atoms with Crippen LogP contribution in [-0.4, -0.2) is 45.7 Å². The van der Waals surface area contributed by atoms with Crippen molar-refractivity contribution in [1.29, 1.82) is 0 Å². The minimum Gasteiger partial charge on any atom is -0.488 e. The van der Waals surface area contributed by atoms with Crippen LogP contribution in [0.25, 0.3) is 0 Å². The Morgan fingerprint density at radius 3 is 2.33 bits per heavy atom. The normalized spacial score (nSPS) is 22.0. The zero-order valence-corrected chi connectivity index (χ0v) is 15.8. The van der Waals surface area contributed by atoms with Gasteiger partial charge in [0.05, 0.1) is 6.61 Å². The predicted molar refractivity (Wildman–Crippen MR) is 107 cm³/mol. The summed E-state index contributed by atoms with van der Waals surface area (Å²) < 4.78 is 17.7. The lowest BCUT2D eigenvalue weighted by Gasteiger charge is -2.24. The molecule has 2 aromatic carbocycles. The summed E-state index contributed by atoms with van der Waals surface area (Å²) in [7, 11) is 0. The summed E-state index contributed by atoms with van der Waals surface area (Å²) in [6.45, 7) is 5.64. The van der Waals surface area contributed by atoms with Gasteiger partial charge in [-0.2, -0.15) is 0 Å². The predicted octanol–water partition coefficient (Wildman–Crippen LogP) is 2.08. The van der Waals surface area contributed by atoms with Crippen molar-refractivity contribution in [2.45, 2.75) is 18.8 Å². The molecule has 0 aromatic heterocycles. The van der Waals surface area contributed by atoms with E-state index in [-0.39, 0.29) is 6.29 Å². The topological polar surface area (TPSA) is 83.0 Å². The lowest BCUT2D eigenvalue weighted by molar-refractivity contribution is -0.106. The molecule has 1 fully saturated rings. The van der Waals surface area contributed by atoms with Gasteiger partial charge in [0.15, 0.2) is 6.29 Å². The number of hydrogen-bond donors (Lipinski definition) is 2. The highest BCUT2D eigenvalue weighted by molar-refractivity contribution is 5.49. The van der Waals surface area contributed by atoms with Crippen LogP contribution in [0.3, 0.4) is 0 Å². The van der Waals surface area contributed by atoms with Crippen molar-refractivity contribution >= 4 is 5.69 Å². The van der Waals surface area contributed by atoms with Crippen molar-refractivity contribution in [3.8, 4) is 5.75 Å². The molecule has 4 N–H and O–H groups in total. The van der Waals surface area contributed by atoms with E-state index in [0.717, 1.165) is 30.1 Å². The Morgan fingerprint density at radius 2 is 1.70 bits per heavy atom. The number of ether oxygens (including phenoxy) is 3. The molecule has 0 aliphatic carbocycles. The Bertz CT molecular complexity index is 690. The zero-order valence-electron chi connectivity index (χ0n) is 15.8. The highest BCUT2D eigenvalue weighted by Crippen LogP contribution is 2.33. The third-order valence-electron chi connectivity index (χ3n) is 4.71. The molecule has 2 unspecified atom stereocenters. The minimum absolute atomic E-state index is 0.344. The summed E-state index contributed by atoms with van der Waals surface area (Å²) >= 11 is 0. The average Bonchev–Trinajstić information content (AvgIpc) is 3.10. The van der Waals surface area contributed by atoms with Gasteiger partial charge in [-0.1, -0.05) is 30.3 Å². The van der Waals surface area contributed by atoms with Crippen molar-refractivity contribution in [2.75, 3.05) is 44.3 Å². The Morgan fingerprint density at radius 1 is 1.04 bits per heavy atom. The fourth-order valence-electron chi connectivity index (χ4n) is 3.23. The molecular weight excluding hydrogens is 342 g/mol. The Hall–Kier alpha value is -2.12. The van der Waals surface area contributed by atoms with E-state index in [4.69, 9.17) is 25.7 Å². The standard InChI is InChI=1S/C21H29N3O3/c1-21(17-5-3-2-4-6-17)16-26-20(27-21)15-25-19-9-7-18(8-10-19)24(13-11-22)14-12-23/h2-10,20H,11-16,22-23H2,1H3. The molecule has 146 valence electrons. The quantitative estimate of drug-likeness (QED) is 0.702. The van der Waals surface area contributed by atoms with E-state index in [9.17, 15) is 0 Å². The molecule has 0 bridgehead atoms. The molecule has 1 aliphatic rings. The van der Waals surface area contributed by atoms with E-state index in [1.54, 1.807) is 0 Å². The third-order valence-corrected chi connectivity index (χ3v) is 4.71. The van der Waals surface area contributed by atoms with Crippen molar-refractivity contribution in [3.63, 3.8) is 0 Å². The molecule has 6 nitrogen and oxygen atoms in total. The van der Waals surface area contributed by atoms with Crippen molar-refractivity contribution < 1.29 is 14.2 Å². The van der Waals surface area contributed by atoms with Gasteiger partial charge in [0.1, 0.15) is 18.0 Å². The van der Waals surface area contributed by atoms with Crippen LogP contribution in [-0.2, 0) is 15.1 Å². The number of nitrogens with two attached hydrogens (primary N) is 2. The molecular formula is C21H29N3O3. The van der Waals surface area contributed by atoms with Gasteiger partial charge in [-0.25, -0.2) is 0 Å². The molecule has 27 heavy (non-hydrogen) atoms. The number of hydrogen-bond acceptors (Lipinski definition) is 6. The maximum absolute atomic E-state index is 6.10. The third kappa shape index (κ3) is 4.99. The van der Waals surface area contributed by atoms with Crippen LogP contribution in [0.15, 0.2) is 54.6 Å². The van der Waals surface area contributed by atoms with Crippen LogP contribution in [0.2, 0.25) is 0 Å². The van der Waals surface area contributed by atoms with Crippen molar-refractivity contribution in [2.24, 2.45) is 11.5 Å². The van der Waals surface area contributed by atoms with Crippen LogP contribution in [0.5, 0.6) is 5.75 Å². The van der Waals surface area contributed by atoms with Crippen LogP contribution >= 0.6 is 0 Å². The molecule has 0 radical (unpaired) electrons. The molecule has 2 aromatic rings. The first-order valence-electron chi connectivity index (χ1n) is 9.37. The number of anilines is 1. The summed E-state index contributed by atoms with van der Waals surface area (Å²) in [6, 6.07) is 18.0. The van der Waals surface area contributed by atoms with E-state index in [1.807, 2.05) is 49.4 Å². The van der Waals surface area contributed by atoms with Crippen LogP contribution in [0.4, 0.5) is 5.69 Å². The summed E-state index contributed by atoms with van der Waals surface area (Å²) in [5, 5.41) is 0. The zero-order chi connectivity index (χ0) is 19.1. The molecule has 1 aliphatic heterocycles. The number of benzene rings is 2. The fraction of sp³-hybridized carbons (Fsp3) is 0.429. The molecule has 0 saturated carbocycles. The Kier molecular flexibility index (Phi) is 6.68. The first kappa shape index (κ1) is 19.6. The first-order chi connectivity index (χ1) is 13.1. The van der Waals surface area contributed by atoms with Gasteiger partial charge in [0.2, 0.25) is 0 Å². The van der Waals surface area contributed by atoms with Crippen LogP contribution in [0, 0.1) is 0 Å². The number of nitrogens with zero attached hydrogens (tertiary/aromatic N) is 1. The summed E-state index contributed by atoms with van der Waals surface area (Å²) in [5.74, 6) is 0.778. The summed E-state index contributed by atoms with van der Waals surface area (Å²) in [5.41, 5.74) is 13.1. The molecule has 0 spiro atoms. The lowest BCUT2D eigenvalue weighted by Crippen LogP contribution is -2.33. The maximum Gasteiger partial charge on any atom is 0.192 e. The smallest absolute Gasteiger partial charge is 0.192 e. The van der Waals surface area contributed by atoms with E-state index in [1.165, 1.54) is 0 Å². The van der Waals surface area contributed by atoms with Gasteiger partial charge in [-0.05, 0) is 36.8 Å². The fourth-order valence-corrected chi connectivity index (χ4v) is 3.23. The van der Waals surface area contributed by atoms with E-state index in [2.05, 4.69) is 17.0 Å². The Labute approximate surface area is 161 Å². The minimum atomic E-state index is -0.440. The summed E-state index contributed by atoms with van der Waals surface area (Å²) in [6.07, 6.45) is -0.388. The monoisotopic (exact) mass is 371 g/mol. The van der Waals surface area contributed by atoms with E-state index >= 15 is 0 Å². The SMILES string of the molecule is CC1(c2ccccc2)COC(COc2ccc(N(CCN)CCN)cc2)O1. The molecule has 1 saturated heterocycles. The van der Waals surface area contributed by atoms with E-state index < -0.39 is 5.60 Å². The van der Waals surface area contributed by atoms with Gasteiger partial charge in [0, 0.05) is 31.9 Å². The highest BCUT2D eigenvalue weighted by atomic mass is 16.7. The molecule has 3 rings (SSSR count). The average molecular weight is 371 g/mol. The second kappa shape index (κ2) is 9.19. The maximum atomic E-state index is 6.10. The van der Waals surface area contributed by atoms with Gasteiger partial charge < -0.3 is 30.6 Å². The summed E-state index contributed by atoms with van der Waals surface area (Å²) in [4.78, 5) is 2.16. The highest BCUT2D eigenvalue weighted by Gasteiger charge is 2.38. The second-order valence-corrected chi connectivity index (χ2v) is 6.82. The van der Waals surface area contributed by atoms with Crippen molar-refractivity contribution in [1.82, 2.24) is 0 Å². The second-order valence-electron chi connectivity index (χ2n) is 6.82. The molecule has 0 amide bonds. The lowest BCUT2D eigenvalue weighted by atomic mass is 9.97. The first-order valence-corrected chi connectivity index (χ1v) is 9.37. The van der Waals surface area contributed by atoms with Gasteiger partial charge in [-0.15, -0.1) is 0 Å². The van der Waals surface area contributed by atoms with Gasteiger partial charge >= 0.3 is 0 Å². The molecule has 2 atom stereocenters. The van der Waals surface area contributed by atoms with E-state index in [0.29, 0.717) is 26.3 Å². The molecule has 1 heterocycles. The van der Waals surface area contributed by atoms with Crippen molar-refractivity contribution in [3.05, 3.63) is 60.2 Å². The van der Waals surface area contributed by atoms with Gasteiger partial charge in [-0.3, -0.25) is 0 Å². The van der Waals surface area contributed by atoms with Gasteiger partial charge in [0.25, 0.3) is 0 Å². The number of rotatable bonds is 9. The van der Waals surface area contributed by atoms with Crippen LogP contribution in [0.1, 0.15) is 12.5 Å².